The number of nitrogens with zero attached hydrogens (tertiary/aromatic N) is 2. The van der Waals surface area contributed by atoms with Gasteiger partial charge in [0.15, 0.2) is 0 Å². The monoisotopic (exact) mass is 361 g/mol. The molecular weight excluding hydrogens is 346 g/mol. The van der Waals surface area contributed by atoms with Gasteiger partial charge in [0.05, 0.1) is 12.7 Å². The number of hydrogen-bond donors (Lipinski definition) is 1. The summed E-state index contributed by atoms with van der Waals surface area (Å²) >= 11 is 5.93. The Kier molecular flexibility index (Phi) is 4.42. The minimum absolute atomic E-state index is 0.153. The molecule has 0 radical (unpaired) electrons. The lowest BCUT2D eigenvalue weighted by Gasteiger charge is -2.11. The van der Waals surface area contributed by atoms with Gasteiger partial charge in [0.1, 0.15) is 5.82 Å². The third kappa shape index (κ3) is 3.32. The zero-order chi connectivity index (χ0) is 17.9. The fourth-order valence-corrected chi connectivity index (χ4v) is 3.06. The second kappa shape index (κ2) is 7.02. The molecule has 0 fully saturated rings. The number of carbonyl (C=O) groups is 1. The van der Waals surface area contributed by atoms with E-state index in [1.165, 1.54) is 0 Å². The highest BCUT2D eigenvalue weighted by atomic mass is 35.5. The molecule has 0 aliphatic carbocycles. The molecule has 5 heteroatoms. The summed E-state index contributed by atoms with van der Waals surface area (Å²) in [6, 6.07) is 22.9. The fraction of sp³-hybridized carbons (Fsp3) is 0.0476. The predicted molar refractivity (Wildman–Crippen MR) is 105 cm³/mol. The Morgan fingerprint density at radius 3 is 2.58 bits per heavy atom. The highest BCUT2D eigenvalue weighted by molar-refractivity contribution is 6.30. The molecule has 1 heterocycles. The molecule has 0 saturated carbocycles. The lowest BCUT2D eigenvalue weighted by molar-refractivity contribution is 0.102. The van der Waals surface area contributed by atoms with E-state index >= 15 is 0 Å². The van der Waals surface area contributed by atoms with Gasteiger partial charge in [-0.05, 0) is 34.5 Å². The van der Waals surface area contributed by atoms with Crippen LogP contribution < -0.4 is 5.32 Å². The van der Waals surface area contributed by atoms with Crippen molar-refractivity contribution in [3.63, 3.8) is 0 Å². The predicted octanol–water partition coefficient (Wildman–Crippen LogP) is 4.99. The van der Waals surface area contributed by atoms with Crippen molar-refractivity contribution in [3.8, 4) is 0 Å². The van der Waals surface area contributed by atoms with Gasteiger partial charge in [-0.25, -0.2) is 4.68 Å². The largest absolute Gasteiger partial charge is 0.307 e. The van der Waals surface area contributed by atoms with E-state index in [2.05, 4.69) is 10.4 Å². The number of anilines is 1. The quantitative estimate of drug-likeness (QED) is 0.556. The smallest absolute Gasteiger partial charge is 0.257 e. The highest BCUT2D eigenvalue weighted by Gasteiger charge is 2.12. The molecule has 0 unspecified atom stereocenters. The van der Waals surface area contributed by atoms with Crippen LogP contribution in [0.4, 0.5) is 5.82 Å². The van der Waals surface area contributed by atoms with E-state index < -0.39 is 0 Å². The average molecular weight is 362 g/mol. The lowest BCUT2D eigenvalue weighted by Crippen LogP contribution is -2.16. The molecule has 0 aliphatic rings. The summed E-state index contributed by atoms with van der Waals surface area (Å²) in [4.78, 5) is 12.8. The van der Waals surface area contributed by atoms with Crippen LogP contribution in [0.5, 0.6) is 0 Å². The van der Waals surface area contributed by atoms with Crippen molar-refractivity contribution in [2.45, 2.75) is 6.54 Å². The van der Waals surface area contributed by atoms with Crippen molar-refractivity contribution < 1.29 is 4.79 Å². The summed E-state index contributed by atoms with van der Waals surface area (Å²) in [5.74, 6) is 0.498. The average Bonchev–Trinajstić information content (AvgIpc) is 3.09. The number of hydrogen-bond acceptors (Lipinski definition) is 2. The zero-order valence-corrected chi connectivity index (χ0v) is 14.6. The van der Waals surface area contributed by atoms with Crippen molar-refractivity contribution in [3.05, 3.63) is 95.1 Å². The van der Waals surface area contributed by atoms with Gasteiger partial charge in [-0.15, -0.1) is 0 Å². The SMILES string of the molecule is O=C(Nc1ccnn1Cc1ccc(Cl)cc1)c1cccc2ccccc12. The Morgan fingerprint density at radius 1 is 0.962 bits per heavy atom. The van der Waals surface area contributed by atoms with Gasteiger partial charge >= 0.3 is 0 Å². The topological polar surface area (TPSA) is 46.9 Å². The van der Waals surface area contributed by atoms with Crippen LogP contribution in [0, 0.1) is 0 Å². The molecule has 1 N–H and O–H groups in total. The van der Waals surface area contributed by atoms with Crippen molar-refractivity contribution in [1.82, 2.24) is 9.78 Å². The maximum absolute atomic E-state index is 12.8. The summed E-state index contributed by atoms with van der Waals surface area (Å²) in [5, 5.41) is 9.94. The first kappa shape index (κ1) is 16.4. The number of fused-ring (bicyclic) bond motifs is 1. The third-order valence-electron chi connectivity index (χ3n) is 4.24. The van der Waals surface area contributed by atoms with Gasteiger partial charge in [-0.1, -0.05) is 60.1 Å². The maximum Gasteiger partial charge on any atom is 0.257 e. The van der Waals surface area contributed by atoms with Crippen LogP contribution in [0.25, 0.3) is 10.8 Å². The first-order chi connectivity index (χ1) is 12.7. The molecule has 128 valence electrons. The van der Waals surface area contributed by atoms with E-state index in [1.54, 1.807) is 16.9 Å². The van der Waals surface area contributed by atoms with Crippen LogP contribution in [-0.4, -0.2) is 15.7 Å². The number of carbonyl (C=O) groups excluding carboxylic acids is 1. The number of rotatable bonds is 4. The molecule has 0 atom stereocenters. The summed E-state index contributed by atoms with van der Waals surface area (Å²) in [6.07, 6.45) is 1.68. The second-order valence-electron chi connectivity index (χ2n) is 5.98. The normalized spacial score (nSPS) is 10.8. The first-order valence-corrected chi connectivity index (χ1v) is 8.64. The van der Waals surface area contributed by atoms with Gasteiger partial charge in [-0.2, -0.15) is 5.10 Å². The molecule has 0 spiro atoms. The van der Waals surface area contributed by atoms with E-state index in [9.17, 15) is 4.79 Å². The first-order valence-electron chi connectivity index (χ1n) is 8.26. The second-order valence-corrected chi connectivity index (χ2v) is 6.42. The highest BCUT2D eigenvalue weighted by Crippen LogP contribution is 2.20. The summed E-state index contributed by atoms with van der Waals surface area (Å²) < 4.78 is 1.76. The summed E-state index contributed by atoms with van der Waals surface area (Å²) in [7, 11) is 0. The van der Waals surface area contributed by atoms with E-state index in [1.807, 2.05) is 66.7 Å². The Balaban J connectivity index is 1.59. The number of benzene rings is 3. The van der Waals surface area contributed by atoms with Crippen molar-refractivity contribution in [1.29, 1.82) is 0 Å². The molecule has 4 nitrogen and oxygen atoms in total. The minimum atomic E-state index is -0.153. The molecule has 4 rings (SSSR count). The minimum Gasteiger partial charge on any atom is -0.307 e. The van der Waals surface area contributed by atoms with Crippen molar-refractivity contribution in [2.75, 3.05) is 5.32 Å². The van der Waals surface area contributed by atoms with Crippen molar-refractivity contribution >= 4 is 34.1 Å². The van der Waals surface area contributed by atoms with Gasteiger partial charge in [0.25, 0.3) is 5.91 Å². The van der Waals surface area contributed by atoms with Gasteiger partial charge in [-0.3, -0.25) is 4.79 Å². The molecule has 1 aromatic heterocycles. The number of halogens is 1. The van der Waals surface area contributed by atoms with Gasteiger partial charge in [0, 0.05) is 16.7 Å². The van der Waals surface area contributed by atoms with E-state index in [0.29, 0.717) is 22.9 Å². The third-order valence-corrected chi connectivity index (χ3v) is 4.49. The number of amides is 1. The maximum atomic E-state index is 12.8. The van der Waals surface area contributed by atoms with E-state index in [-0.39, 0.29) is 5.91 Å². The molecule has 1 amide bonds. The van der Waals surface area contributed by atoms with Crippen LogP contribution in [0.15, 0.2) is 79.0 Å². The van der Waals surface area contributed by atoms with E-state index in [4.69, 9.17) is 11.6 Å². The summed E-state index contributed by atoms with van der Waals surface area (Å²) in [6.45, 7) is 0.551. The Bertz CT molecular complexity index is 1060. The molecule has 0 aliphatic heterocycles. The molecule has 0 saturated heterocycles. The standard InChI is InChI=1S/C21H16ClN3O/c22-17-10-8-15(9-11-17)14-25-20(12-13-23-25)24-21(26)19-7-3-5-16-4-1-2-6-18(16)19/h1-13H,14H2,(H,24,26). The fourth-order valence-electron chi connectivity index (χ4n) is 2.93. The molecule has 3 aromatic carbocycles. The molecular formula is C21H16ClN3O. The lowest BCUT2D eigenvalue weighted by atomic mass is 10.0. The molecule has 4 aromatic rings. The summed E-state index contributed by atoms with van der Waals surface area (Å²) in [5.41, 5.74) is 1.70. The van der Waals surface area contributed by atoms with Crippen LogP contribution in [0.1, 0.15) is 15.9 Å². The zero-order valence-electron chi connectivity index (χ0n) is 13.9. The van der Waals surface area contributed by atoms with Gasteiger partial charge < -0.3 is 5.32 Å². The molecule has 0 bridgehead atoms. The van der Waals surface area contributed by atoms with Crippen LogP contribution in [0.2, 0.25) is 5.02 Å². The Hall–Kier alpha value is -3.11. The Labute approximate surface area is 156 Å². The van der Waals surface area contributed by atoms with Crippen LogP contribution in [0.3, 0.4) is 0 Å². The van der Waals surface area contributed by atoms with Crippen molar-refractivity contribution in [2.24, 2.45) is 0 Å². The Morgan fingerprint density at radius 2 is 1.73 bits per heavy atom. The molecule has 26 heavy (non-hydrogen) atoms. The van der Waals surface area contributed by atoms with Crippen LogP contribution in [-0.2, 0) is 6.54 Å². The number of nitrogens with one attached hydrogen (secondary N) is 1. The van der Waals surface area contributed by atoms with Gasteiger partial charge in [0.2, 0.25) is 0 Å². The van der Waals surface area contributed by atoms with Crippen LogP contribution >= 0.6 is 11.6 Å². The van der Waals surface area contributed by atoms with E-state index in [0.717, 1.165) is 16.3 Å². The number of aromatic nitrogens is 2.